The maximum atomic E-state index is 5.10. The van der Waals surface area contributed by atoms with E-state index in [0.717, 1.165) is 6.42 Å². The Bertz CT molecular complexity index is 530. The summed E-state index contributed by atoms with van der Waals surface area (Å²) in [6.07, 6.45) is 2.35. The molecule has 0 radical (unpaired) electrons. The van der Waals surface area contributed by atoms with Gasteiger partial charge in [0.05, 0.1) is 11.7 Å². The molecule has 0 spiro atoms. The Balaban J connectivity index is 1.65. The summed E-state index contributed by atoms with van der Waals surface area (Å²) in [7, 11) is 2.09. The highest BCUT2D eigenvalue weighted by molar-refractivity contribution is 7.12. The highest BCUT2D eigenvalue weighted by atomic mass is 32.1. The molecule has 4 heterocycles. The first-order valence-corrected chi connectivity index (χ1v) is 9.00. The summed E-state index contributed by atoms with van der Waals surface area (Å²) in [4.78, 5) is 11.8. The zero-order chi connectivity index (χ0) is 14.6. The van der Waals surface area contributed by atoms with Crippen LogP contribution in [0.4, 0.5) is 0 Å². The average Bonchev–Trinajstić information content (AvgIpc) is 2.90. The molecule has 4 nitrogen and oxygen atoms in total. The van der Waals surface area contributed by atoms with Crippen LogP contribution in [-0.4, -0.2) is 54.6 Å². The minimum absolute atomic E-state index is 0.362. The van der Waals surface area contributed by atoms with Crippen LogP contribution < -0.4 is 5.32 Å². The second-order valence-corrected chi connectivity index (χ2v) is 8.66. The van der Waals surface area contributed by atoms with Crippen molar-refractivity contribution in [1.82, 2.24) is 20.1 Å². The molecule has 0 amide bonds. The van der Waals surface area contributed by atoms with E-state index in [1.54, 1.807) is 0 Å². The van der Waals surface area contributed by atoms with Gasteiger partial charge < -0.3 is 5.32 Å². The molecule has 21 heavy (non-hydrogen) atoms. The summed E-state index contributed by atoms with van der Waals surface area (Å²) in [6.45, 7) is 10.8. The Morgan fingerprint density at radius 3 is 2.62 bits per heavy atom. The topological polar surface area (TPSA) is 31.4 Å². The molecule has 1 aromatic rings. The molecule has 4 aliphatic rings. The summed E-state index contributed by atoms with van der Waals surface area (Å²) in [5.74, 6) is 0. The molecule has 5 heteroatoms. The molecule has 1 aliphatic carbocycles. The molecule has 2 atom stereocenters. The number of fused-ring (bicyclic) bond motifs is 4. The van der Waals surface area contributed by atoms with Crippen molar-refractivity contribution in [3.63, 3.8) is 0 Å². The van der Waals surface area contributed by atoms with Gasteiger partial charge in [0, 0.05) is 43.6 Å². The molecular formula is C16H26N4S. The molecule has 3 fully saturated rings. The highest BCUT2D eigenvalue weighted by Gasteiger charge is 2.38. The van der Waals surface area contributed by atoms with Crippen molar-refractivity contribution < 1.29 is 0 Å². The number of piperazine rings is 3. The number of rotatable bonds is 2. The van der Waals surface area contributed by atoms with Crippen LogP contribution in [0.25, 0.3) is 0 Å². The van der Waals surface area contributed by atoms with E-state index in [1.807, 2.05) is 11.3 Å². The Hall–Kier alpha value is -0.490. The third-order valence-electron chi connectivity index (χ3n) is 5.38. The standard InChI is InChI=1S/C16H26N4S/c1-16(2)8-11(17-3)14-12(9-16)18-15(21-14)13-10-19-4-6-20(13)7-5-19/h11,13,17H,4-10H2,1-3H3. The molecule has 5 rings (SSSR count). The van der Waals surface area contributed by atoms with Gasteiger partial charge in [-0.05, 0) is 25.3 Å². The maximum absolute atomic E-state index is 5.10. The van der Waals surface area contributed by atoms with Crippen molar-refractivity contribution in [2.45, 2.75) is 38.8 Å². The van der Waals surface area contributed by atoms with Gasteiger partial charge in [-0.25, -0.2) is 4.98 Å². The van der Waals surface area contributed by atoms with E-state index >= 15 is 0 Å². The normalized spacial score (nSPS) is 37.5. The Morgan fingerprint density at radius 1 is 1.24 bits per heavy atom. The first kappa shape index (κ1) is 14.1. The lowest BCUT2D eigenvalue weighted by Gasteiger charge is -2.46. The summed E-state index contributed by atoms with van der Waals surface area (Å²) in [5.41, 5.74) is 1.73. The quantitative estimate of drug-likeness (QED) is 0.906. The number of nitrogens with one attached hydrogen (secondary N) is 1. The fourth-order valence-corrected chi connectivity index (χ4v) is 5.50. The van der Waals surface area contributed by atoms with Gasteiger partial charge in [0.25, 0.3) is 0 Å². The van der Waals surface area contributed by atoms with Crippen LogP contribution in [-0.2, 0) is 6.42 Å². The molecule has 2 bridgehead atoms. The summed E-state index contributed by atoms with van der Waals surface area (Å²) in [6, 6.07) is 1.04. The SMILES string of the molecule is CNC1CC(C)(C)Cc2nc(C3CN4CCN3CC4)sc21. The minimum Gasteiger partial charge on any atom is -0.312 e. The summed E-state index contributed by atoms with van der Waals surface area (Å²) >= 11 is 1.97. The van der Waals surface area contributed by atoms with Crippen LogP contribution >= 0.6 is 11.3 Å². The largest absolute Gasteiger partial charge is 0.312 e. The number of aromatic nitrogens is 1. The molecule has 2 unspecified atom stereocenters. The third-order valence-corrected chi connectivity index (χ3v) is 6.69. The number of hydrogen-bond acceptors (Lipinski definition) is 5. The van der Waals surface area contributed by atoms with Crippen LogP contribution in [0.1, 0.15) is 47.9 Å². The van der Waals surface area contributed by atoms with Gasteiger partial charge >= 0.3 is 0 Å². The van der Waals surface area contributed by atoms with Gasteiger partial charge in [-0.2, -0.15) is 0 Å². The van der Waals surface area contributed by atoms with Gasteiger partial charge in [0.2, 0.25) is 0 Å². The fraction of sp³-hybridized carbons (Fsp3) is 0.812. The lowest BCUT2D eigenvalue weighted by molar-refractivity contribution is 0.0122. The van der Waals surface area contributed by atoms with E-state index in [9.17, 15) is 0 Å². The molecule has 3 aliphatic heterocycles. The van der Waals surface area contributed by atoms with Crippen molar-refractivity contribution in [2.75, 3.05) is 39.8 Å². The monoisotopic (exact) mass is 306 g/mol. The van der Waals surface area contributed by atoms with E-state index < -0.39 is 0 Å². The third kappa shape index (κ3) is 2.44. The molecule has 3 saturated heterocycles. The predicted octanol–water partition coefficient (Wildman–Crippen LogP) is 2.05. The smallest absolute Gasteiger partial charge is 0.112 e. The van der Waals surface area contributed by atoms with Gasteiger partial charge in [0.1, 0.15) is 5.01 Å². The maximum Gasteiger partial charge on any atom is 0.112 e. The zero-order valence-electron chi connectivity index (χ0n) is 13.4. The second-order valence-electron chi connectivity index (χ2n) is 7.60. The van der Waals surface area contributed by atoms with Crippen LogP contribution in [0, 0.1) is 5.41 Å². The van der Waals surface area contributed by atoms with Crippen molar-refractivity contribution in [3.05, 3.63) is 15.6 Å². The van der Waals surface area contributed by atoms with E-state index in [4.69, 9.17) is 4.98 Å². The fourth-order valence-electron chi connectivity index (χ4n) is 4.18. The summed E-state index contributed by atoms with van der Waals surface area (Å²) in [5, 5.41) is 4.88. The van der Waals surface area contributed by atoms with Crippen LogP contribution in [0.15, 0.2) is 0 Å². The van der Waals surface area contributed by atoms with Crippen molar-refractivity contribution >= 4 is 11.3 Å². The molecular weight excluding hydrogens is 280 g/mol. The molecule has 0 saturated carbocycles. The molecule has 0 aromatic carbocycles. The minimum atomic E-state index is 0.362. The highest BCUT2D eigenvalue weighted by Crippen LogP contribution is 2.44. The lowest BCUT2D eigenvalue weighted by Crippen LogP contribution is -2.56. The molecule has 116 valence electrons. The number of hydrogen-bond donors (Lipinski definition) is 1. The van der Waals surface area contributed by atoms with Gasteiger partial charge in [-0.1, -0.05) is 13.8 Å². The van der Waals surface area contributed by atoms with E-state index in [1.165, 1.54) is 54.7 Å². The van der Waals surface area contributed by atoms with E-state index in [2.05, 4.69) is 36.0 Å². The van der Waals surface area contributed by atoms with Gasteiger partial charge in [0.15, 0.2) is 0 Å². The molecule has 1 N–H and O–H groups in total. The van der Waals surface area contributed by atoms with Crippen molar-refractivity contribution in [2.24, 2.45) is 5.41 Å². The zero-order valence-corrected chi connectivity index (χ0v) is 14.2. The van der Waals surface area contributed by atoms with E-state index in [0.29, 0.717) is 17.5 Å². The second kappa shape index (κ2) is 5.01. The first-order chi connectivity index (χ1) is 10.1. The Morgan fingerprint density at radius 2 is 2.00 bits per heavy atom. The van der Waals surface area contributed by atoms with Gasteiger partial charge in [-0.15, -0.1) is 11.3 Å². The predicted molar refractivity (Wildman–Crippen MR) is 86.8 cm³/mol. The number of nitrogens with zero attached hydrogens (tertiary/aromatic N) is 3. The van der Waals surface area contributed by atoms with Gasteiger partial charge in [-0.3, -0.25) is 9.80 Å². The number of thiazole rings is 1. The van der Waals surface area contributed by atoms with Crippen molar-refractivity contribution in [1.29, 1.82) is 0 Å². The first-order valence-electron chi connectivity index (χ1n) is 8.19. The van der Waals surface area contributed by atoms with Crippen LogP contribution in [0.3, 0.4) is 0 Å². The molecule has 1 aromatic heterocycles. The summed E-state index contributed by atoms with van der Waals surface area (Å²) < 4.78 is 0. The van der Waals surface area contributed by atoms with Crippen LogP contribution in [0.5, 0.6) is 0 Å². The average molecular weight is 306 g/mol. The Labute approximate surface area is 131 Å². The van der Waals surface area contributed by atoms with Crippen LogP contribution in [0.2, 0.25) is 0 Å². The Kier molecular flexibility index (Phi) is 3.37. The lowest BCUT2D eigenvalue weighted by atomic mass is 9.76. The van der Waals surface area contributed by atoms with Crippen molar-refractivity contribution in [3.8, 4) is 0 Å². The van der Waals surface area contributed by atoms with E-state index in [-0.39, 0.29) is 0 Å².